The van der Waals surface area contributed by atoms with Crippen molar-refractivity contribution in [1.82, 2.24) is 24.1 Å². The van der Waals surface area contributed by atoms with Gasteiger partial charge in [-0.25, -0.2) is 4.98 Å². The molecule has 4 aromatic rings. The van der Waals surface area contributed by atoms with Crippen molar-refractivity contribution in [2.45, 2.75) is 27.7 Å². The molecule has 3 aromatic heterocycles. The van der Waals surface area contributed by atoms with Gasteiger partial charge < -0.3 is 0 Å². The monoisotopic (exact) mass is 319 g/mol. The fourth-order valence-corrected chi connectivity index (χ4v) is 2.97. The van der Waals surface area contributed by atoms with Gasteiger partial charge in [-0.05, 0) is 57.0 Å². The highest BCUT2D eigenvalue weighted by Gasteiger charge is 2.14. The van der Waals surface area contributed by atoms with Crippen LogP contribution >= 0.6 is 0 Å². The number of aromatic nitrogens is 5. The molecule has 0 radical (unpaired) electrons. The van der Waals surface area contributed by atoms with Crippen LogP contribution in [0.5, 0.6) is 0 Å². The van der Waals surface area contributed by atoms with Crippen LogP contribution in [0.3, 0.4) is 0 Å². The minimum absolute atomic E-state index is 0.101. The number of benzene rings is 1. The minimum Gasteiger partial charge on any atom is -0.284 e. The average molecular weight is 319 g/mol. The molecule has 4 rings (SSSR count). The summed E-state index contributed by atoms with van der Waals surface area (Å²) in [5, 5.41) is 4.91. The molecule has 0 fully saturated rings. The fourth-order valence-electron chi connectivity index (χ4n) is 2.97. The van der Waals surface area contributed by atoms with Crippen LogP contribution in [0, 0.1) is 27.7 Å². The number of hydrogen-bond donors (Lipinski definition) is 0. The van der Waals surface area contributed by atoms with Crippen LogP contribution < -0.4 is 5.56 Å². The second-order valence-electron chi connectivity index (χ2n) is 6.09. The average Bonchev–Trinajstić information content (AvgIpc) is 2.90. The van der Waals surface area contributed by atoms with E-state index in [9.17, 15) is 4.79 Å². The summed E-state index contributed by atoms with van der Waals surface area (Å²) in [4.78, 5) is 21.8. The molecule has 3 heterocycles. The Kier molecular flexibility index (Phi) is 3.03. The van der Waals surface area contributed by atoms with Gasteiger partial charge in [0.05, 0.1) is 16.6 Å². The summed E-state index contributed by atoms with van der Waals surface area (Å²) in [7, 11) is 0. The summed E-state index contributed by atoms with van der Waals surface area (Å²) in [6.45, 7) is 7.74. The number of rotatable bonds is 1. The van der Waals surface area contributed by atoms with Gasteiger partial charge in [-0.1, -0.05) is 6.07 Å². The van der Waals surface area contributed by atoms with E-state index < -0.39 is 0 Å². The van der Waals surface area contributed by atoms with Crippen molar-refractivity contribution < 1.29 is 0 Å². The van der Waals surface area contributed by atoms with E-state index in [0.29, 0.717) is 22.7 Å². The van der Waals surface area contributed by atoms with Gasteiger partial charge in [0.1, 0.15) is 5.82 Å². The zero-order valence-electron chi connectivity index (χ0n) is 14.0. The smallest absolute Gasteiger partial charge is 0.266 e. The molecule has 120 valence electrons. The summed E-state index contributed by atoms with van der Waals surface area (Å²) in [5.74, 6) is 1.15. The van der Waals surface area contributed by atoms with E-state index in [0.717, 1.165) is 16.8 Å². The van der Waals surface area contributed by atoms with Gasteiger partial charge in [0.25, 0.3) is 11.3 Å². The minimum atomic E-state index is -0.101. The first-order chi connectivity index (χ1) is 11.5. The van der Waals surface area contributed by atoms with E-state index in [1.54, 1.807) is 15.3 Å². The quantitative estimate of drug-likeness (QED) is 0.541. The van der Waals surface area contributed by atoms with Gasteiger partial charge in [0.15, 0.2) is 0 Å². The largest absolute Gasteiger partial charge is 0.284 e. The Bertz CT molecular complexity index is 1170. The molecule has 0 aliphatic rings. The molecule has 0 saturated carbocycles. The lowest BCUT2D eigenvalue weighted by Gasteiger charge is -2.11. The molecule has 0 atom stereocenters. The first-order valence-electron chi connectivity index (χ1n) is 7.78. The van der Waals surface area contributed by atoms with Gasteiger partial charge in [0, 0.05) is 11.9 Å². The first-order valence-corrected chi connectivity index (χ1v) is 7.78. The third-order valence-corrected chi connectivity index (χ3v) is 4.39. The van der Waals surface area contributed by atoms with Crippen molar-refractivity contribution in [2.75, 3.05) is 0 Å². The molecular formula is C18H17N5O. The van der Waals surface area contributed by atoms with Crippen LogP contribution in [-0.4, -0.2) is 24.1 Å². The fraction of sp³-hybridized carbons (Fsp3) is 0.222. The first kappa shape index (κ1) is 14.6. The lowest BCUT2D eigenvalue weighted by Crippen LogP contribution is -2.20. The van der Waals surface area contributed by atoms with Gasteiger partial charge in [0.2, 0.25) is 0 Å². The maximum absolute atomic E-state index is 13.1. The predicted octanol–water partition coefficient (Wildman–Crippen LogP) is 2.66. The van der Waals surface area contributed by atoms with Crippen molar-refractivity contribution in [1.29, 1.82) is 0 Å². The van der Waals surface area contributed by atoms with Crippen molar-refractivity contribution in [3.63, 3.8) is 0 Å². The molecule has 0 unspecified atom stereocenters. The Morgan fingerprint density at radius 3 is 2.50 bits per heavy atom. The van der Waals surface area contributed by atoms with Crippen LogP contribution in [0.25, 0.3) is 22.4 Å². The third kappa shape index (κ3) is 2.03. The lowest BCUT2D eigenvalue weighted by molar-refractivity contribution is 0.932. The van der Waals surface area contributed by atoms with Gasteiger partial charge in [-0.3, -0.25) is 9.36 Å². The zero-order chi connectivity index (χ0) is 17.0. The van der Waals surface area contributed by atoms with Gasteiger partial charge in [-0.2, -0.15) is 9.50 Å². The van der Waals surface area contributed by atoms with Crippen LogP contribution in [-0.2, 0) is 0 Å². The SMILES string of the molecule is Cc1nc2nc(C)c3c(=O)n(-c4ccc(C)c(C)c4)ccc3n2n1. The van der Waals surface area contributed by atoms with Crippen molar-refractivity contribution >= 4 is 16.7 Å². The number of hydrogen-bond acceptors (Lipinski definition) is 4. The summed E-state index contributed by atoms with van der Waals surface area (Å²) in [6.07, 6.45) is 1.78. The molecule has 0 N–H and O–H groups in total. The second kappa shape index (κ2) is 4.99. The van der Waals surface area contributed by atoms with Crippen molar-refractivity contribution in [3.8, 4) is 5.69 Å². The van der Waals surface area contributed by atoms with E-state index in [1.165, 1.54) is 5.56 Å². The summed E-state index contributed by atoms with van der Waals surface area (Å²) >= 11 is 0. The number of aryl methyl sites for hydroxylation is 4. The van der Waals surface area contributed by atoms with Gasteiger partial charge in [-0.15, -0.1) is 5.10 Å². The maximum Gasteiger partial charge on any atom is 0.266 e. The normalized spacial score (nSPS) is 11.5. The summed E-state index contributed by atoms with van der Waals surface area (Å²) in [5.41, 5.74) is 4.48. The highest BCUT2D eigenvalue weighted by molar-refractivity contribution is 5.82. The highest BCUT2D eigenvalue weighted by atomic mass is 16.1. The van der Waals surface area contributed by atoms with E-state index in [2.05, 4.69) is 22.0 Å². The molecular weight excluding hydrogens is 302 g/mol. The Balaban J connectivity index is 2.08. The Morgan fingerprint density at radius 1 is 0.958 bits per heavy atom. The van der Waals surface area contributed by atoms with Crippen molar-refractivity contribution in [3.05, 3.63) is 63.5 Å². The summed E-state index contributed by atoms with van der Waals surface area (Å²) < 4.78 is 3.28. The Hall–Kier alpha value is -3.02. The topological polar surface area (TPSA) is 65.1 Å². The highest BCUT2D eigenvalue weighted by Crippen LogP contribution is 2.17. The number of pyridine rings is 1. The molecule has 24 heavy (non-hydrogen) atoms. The van der Waals surface area contributed by atoms with Crippen LogP contribution in [0.1, 0.15) is 22.6 Å². The molecule has 6 heteroatoms. The van der Waals surface area contributed by atoms with E-state index >= 15 is 0 Å². The Morgan fingerprint density at radius 2 is 1.75 bits per heavy atom. The number of nitrogens with zero attached hydrogens (tertiary/aromatic N) is 5. The molecule has 0 amide bonds. The standard InChI is InChI=1S/C18H17N5O/c1-10-5-6-14(9-11(10)2)22-8-7-15-16(17(22)24)12(3)19-18-20-13(4)21-23(15)18/h5-9H,1-4H3. The summed E-state index contributed by atoms with van der Waals surface area (Å²) in [6, 6.07) is 7.89. The Labute approximate surface area is 138 Å². The molecule has 0 saturated heterocycles. The molecule has 0 spiro atoms. The zero-order valence-corrected chi connectivity index (χ0v) is 14.0. The molecule has 1 aromatic carbocycles. The molecule has 6 nitrogen and oxygen atoms in total. The van der Waals surface area contributed by atoms with Crippen molar-refractivity contribution in [2.24, 2.45) is 0 Å². The molecule has 0 aliphatic carbocycles. The van der Waals surface area contributed by atoms with Crippen LogP contribution in [0.2, 0.25) is 0 Å². The van der Waals surface area contributed by atoms with Gasteiger partial charge >= 0.3 is 0 Å². The predicted molar refractivity (Wildman–Crippen MR) is 92.8 cm³/mol. The van der Waals surface area contributed by atoms with Crippen LogP contribution in [0.15, 0.2) is 35.3 Å². The van der Waals surface area contributed by atoms with E-state index in [-0.39, 0.29) is 5.56 Å². The number of fused-ring (bicyclic) bond motifs is 3. The van der Waals surface area contributed by atoms with Crippen LogP contribution in [0.4, 0.5) is 0 Å². The molecule has 0 bridgehead atoms. The second-order valence-corrected chi connectivity index (χ2v) is 6.09. The molecule has 0 aliphatic heterocycles. The maximum atomic E-state index is 13.1. The third-order valence-electron chi connectivity index (χ3n) is 4.39. The van der Waals surface area contributed by atoms with E-state index in [1.807, 2.05) is 45.0 Å². The van der Waals surface area contributed by atoms with E-state index in [4.69, 9.17) is 0 Å². The lowest BCUT2D eigenvalue weighted by atomic mass is 10.1.